The summed E-state index contributed by atoms with van der Waals surface area (Å²) >= 11 is 6.13. The number of halogens is 4. The lowest BCUT2D eigenvalue weighted by Gasteiger charge is -2.28. The first-order chi connectivity index (χ1) is 16.3. The number of ether oxygens (including phenoxy) is 2. The maximum absolute atomic E-state index is 13.4. The highest BCUT2D eigenvalue weighted by Crippen LogP contribution is 2.36. The summed E-state index contributed by atoms with van der Waals surface area (Å²) in [5.74, 6) is -0.866. The van der Waals surface area contributed by atoms with E-state index in [1.807, 2.05) is 0 Å². The molecule has 2 fully saturated rings. The van der Waals surface area contributed by atoms with E-state index in [-0.39, 0.29) is 28.6 Å². The second-order valence-electron chi connectivity index (χ2n) is 10.1. The lowest BCUT2D eigenvalue weighted by Crippen LogP contribution is -2.53. The van der Waals surface area contributed by atoms with Crippen molar-refractivity contribution in [1.82, 2.24) is 10.2 Å². The van der Waals surface area contributed by atoms with Crippen LogP contribution in [0.1, 0.15) is 47.0 Å². The van der Waals surface area contributed by atoms with Gasteiger partial charge in [-0.05, 0) is 59.1 Å². The standard InChI is InChI=1S/C22H29ClF3N3O6S/c1-12(22(24,25)26)34-13-5-6-17(15(23)9-13)36(32,33)14-10-16(18(30)28-21(27)7-8-21)29(11-14)19(31)35-20(2,3)4/h5-6,9,12,14,16H,7-8,10-11,27H2,1-4H3,(H,28,30)/t12-,14+,16-/m0/s1. The van der Waals surface area contributed by atoms with Crippen LogP contribution >= 0.6 is 11.6 Å². The fraction of sp³-hybridized carbons (Fsp3) is 0.636. The van der Waals surface area contributed by atoms with Crippen LogP contribution in [0.2, 0.25) is 5.02 Å². The smallest absolute Gasteiger partial charge is 0.425 e. The Morgan fingerprint density at radius 3 is 2.36 bits per heavy atom. The van der Waals surface area contributed by atoms with Gasteiger partial charge in [0.25, 0.3) is 0 Å². The molecule has 1 aromatic rings. The van der Waals surface area contributed by atoms with E-state index in [1.165, 1.54) is 0 Å². The summed E-state index contributed by atoms with van der Waals surface area (Å²) in [4.78, 5) is 26.4. The molecule has 36 heavy (non-hydrogen) atoms. The number of hydrogen-bond donors (Lipinski definition) is 2. The predicted octanol–water partition coefficient (Wildman–Crippen LogP) is 3.39. The summed E-state index contributed by atoms with van der Waals surface area (Å²) in [5, 5.41) is 1.06. The van der Waals surface area contributed by atoms with Gasteiger partial charge in [0.1, 0.15) is 17.4 Å². The number of alkyl halides is 3. The predicted molar refractivity (Wildman–Crippen MR) is 124 cm³/mol. The van der Waals surface area contributed by atoms with Crippen LogP contribution in [-0.2, 0) is 19.4 Å². The van der Waals surface area contributed by atoms with E-state index in [4.69, 9.17) is 26.8 Å². The van der Waals surface area contributed by atoms with Crippen molar-refractivity contribution in [3.8, 4) is 5.75 Å². The zero-order valence-electron chi connectivity index (χ0n) is 20.2. The van der Waals surface area contributed by atoms with Gasteiger partial charge in [0.2, 0.25) is 5.91 Å². The zero-order chi connectivity index (χ0) is 27.3. The molecule has 0 unspecified atom stereocenters. The molecule has 14 heteroatoms. The van der Waals surface area contributed by atoms with E-state index in [0.717, 1.165) is 30.0 Å². The van der Waals surface area contributed by atoms with Gasteiger partial charge in [-0.15, -0.1) is 0 Å². The maximum Gasteiger partial charge on any atom is 0.425 e. The number of nitrogens with two attached hydrogens (primary N) is 1. The van der Waals surface area contributed by atoms with Crippen LogP contribution in [0, 0.1) is 0 Å². The van der Waals surface area contributed by atoms with Crippen molar-refractivity contribution in [2.45, 2.75) is 86.7 Å². The molecule has 202 valence electrons. The first-order valence-corrected chi connectivity index (χ1v) is 13.1. The van der Waals surface area contributed by atoms with Gasteiger partial charge in [-0.3, -0.25) is 9.69 Å². The third-order valence-corrected chi connectivity index (χ3v) is 8.39. The minimum Gasteiger partial charge on any atom is -0.481 e. The number of hydrogen-bond acceptors (Lipinski definition) is 7. The molecular formula is C22H29ClF3N3O6S. The molecule has 1 saturated heterocycles. The van der Waals surface area contributed by atoms with E-state index in [2.05, 4.69) is 5.32 Å². The number of amides is 2. The zero-order valence-corrected chi connectivity index (χ0v) is 21.8. The molecule has 1 heterocycles. The lowest BCUT2D eigenvalue weighted by atomic mass is 10.2. The second-order valence-corrected chi connectivity index (χ2v) is 12.7. The molecule has 0 spiro atoms. The summed E-state index contributed by atoms with van der Waals surface area (Å²) in [5.41, 5.74) is 4.18. The van der Waals surface area contributed by atoms with E-state index in [9.17, 15) is 31.2 Å². The average Bonchev–Trinajstić information content (AvgIpc) is 3.24. The number of carbonyl (C=O) groups is 2. The second kappa shape index (κ2) is 9.56. The van der Waals surface area contributed by atoms with Crippen LogP contribution in [-0.4, -0.2) is 66.7 Å². The van der Waals surface area contributed by atoms with Crippen molar-refractivity contribution in [3.05, 3.63) is 23.2 Å². The van der Waals surface area contributed by atoms with Crippen molar-refractivity contribution in [3.63, 3.8) is 0 Å². The fourth-order valence-corrected chi connectivity index (χ4v) is 5.85. The van der Waals surface area contributed by atoms with E-state index >= 15 is 0 Å². The van der Waals surface area contributed by atoms with E-state index in [1.54, 1.807) is 20.8 Å². The number of nitrogens with one attached hydrogen (secondary N) is 1. The summed E-state index contributed by atoms with van der Waals surface area (Å²) in [7, 11) is -4.22. The molecule has 3 atom stereocenters. The lowest BCUT2D eigenvalue weighted by molar-refractivity contribution is -0.189. The van der Waals surface area contributed by atoms with Crippen molar-refractivity contribution in [1.29, 1.82) is 0 Å². The molecule has 1 saturated carbocycles. The monoisotopic (exact) mass is 555 g/mol. The molecule has 1 aliphatic carbocycles. The molecular weight excluding hydrogens is 527 g/mol. The van der Waals surface area contributed by atoms with Crippen LogP contribution in [0.15, 0.2) is 23.1 Å². The maximum atomic E-state index is 13.4. The van der Waals surface area contributed by atoms with Gasteiger partial charge in [-0.25, -0.2) is 13.2 Å². The molecule has 0 aromatic heterocycles. The van der Waals surface area contributed by atoms with Crippen LogP contribution in [0.5, 0.6) is 5.75 Å². The fourth-order valence-electron chi connectivity index (χ4n) is 3.62. The number of benzene rings is 1. The van der Waals surface area contributed by atoms with Crippen LogP contribution in [0.3, 0.4) is 0 Å². The van der Waals surface area contributed by atoms with E-state index < -0.39 is 56.7 Å². The Bertz CT molecular complexity index is 1110. The molecule has 3 N–H and O–H groups in total. The summed E-state index contributed by atoms with van der Waals surface area (Å²) in [6, 6.07) is 1.93. The van der Waals surface area contributed by atoms with E-state index in [0.29, 0.717) is 12.8 Å². The summed E-state index contributed by atoms with van der Waals surface area (Å²) in [6.07, 6.45) is -6.76. The molecule has 3 rings (SSSR count). The number of nitrogens with zero attached hydrogens (tertiary/aromatic N) is 1. The topological polar surface area (TPSA) is 128 Å². The Morgan fingerprint density at radius 2 is 1.86 bits per heavy atom. The van der Waals surface area contributed by atoms with Gasteiger partial charge in [-0.1, -0.05) is 11.6 Å². The highest BCUT2D eigenvalue weighted by atomic mass is 35.5. The highest BCUT2D eigenvalue weighted by Gasteiger charge is 2.49. The minimum absolute atomic E-state index is 0.247. The molecule has 2 amide bonds. The normalized spacial score (nSPS) is 22.6. The Hall–Kier alpha value is -2.25. The minimum atomic E-state index is -4.62. The van der Waals surface area contributed by atoms with Crippen LogP contribution in [0.25, 0.3) is 0 Å². The first kappa shape index (κ1) is 28.3. The highest BCUT2D eigenvalue weighted by molar-refractivity contribution is 7.92. The SMILES string of the molecule is C[C@H](Oc1ccc(S(=O)(=O)[C@@H]2C[C@@H](C(=O)NC3(N)CC3)N(C(=O)OC(C)(C)C)C2)c(Cl)c1)C(F)(F)F. The average molecular weight is 556 g/mol. The van der Waals surface area contributed by atoms with Gasteiger partial charge in [-0.2, -0.15) is 13.2 Å². The molecule has 1 aromatic carbocycles. The molecule has 9 nitrogen and oxygen atoms in total. The quantitative estimate of drug-likeness (QED) is 0.515. The van der Waals surface area contributed by atoms with Gasteiger partial charge in [0.05, 0.1) is 20.8 Å². The van der Waals surface area contributed by atoms with Gasteiger partial charge in [0.15, 0.2) is 15.9 Å². The van der Waals surface area contributed by atoms with Gasteiger partial charge < -0.3 is 20.5 Å². The Morgan fingerprint density at radius 1 is 1.25 bits per heavy atom. The van der Waals surface area contributed by atoms with Crippen molar-refractivity contribution < 1.29 is 40.7 Å². The molecule has 2 aliphatic rings. The van der Waals surface area contributed by atoms with Crippen molar-refractivity contribution >= 4 is 33.4 Å². The number of likely N-dealkylation sites (tertiary alicyclic amines) is 1. The summed E-state index contributed by atoms with van der Waals surface area (Å²) in [6.45, 7) is 5.35. The molecule has 0 bridgehead atoms. The van der Waals surface area contributed by atoms with Crippen molar-refractivity contribution in [2.75, 3.05) is 6.54 Å². The third kappa shape index (κ3) is 6.54. The largest absolute Gasteiger partial charge is 0.481 e. The number of carbonyl (C=O) groups excluding carboxylic acids is 2. The number of sulfone groups is 1. The third-order valence-electron chi connectivity index (χ3n) is 5.78. The number of rotatable bonds is 6. The molecule has 0 radical (unpaired) electrons. The Labute approximate surface area is 212 Å². The van der Waals surface area contributed by atoms with Gasteiger partial charge in [0, 0.05) is 12.6 Å². The Balaban J connectivity index is 1.85. The van der Waals surface area contributed by atoms with Crippen molar-refractivity contribution in [2.24, 2.45) is 5.73 Å². The van der Waals surface area contributed by atoms with Gasteiger partial charge >= 0.3 is 12.3 Å². The molecule has 1 aliphatic heterocycles. The summed E-state index contributed by atoms with van der Waals surface area (Å²) < 4.78 is 75.4. The van der Waals surface area contributed by atoms with Crippen LogP contribution < -0.4 is 15.8 Å². The van der Waals surface area contributed by atoms with Crippen LogP contribution in [0.4, 0.5) is 18.0 Å². The first-order valence-electron chi connectivity index (χ1n) is 11.2. The Kier molecular flexibility index (Phi) is 7.53.